The summed E-state index contributed by atoms with van der Waals surface area (Å²) in [5, 5.41) is 7.74. The molecule has 0 radical (unpaired) electrons. The Morgan fingerprint density at radius 2 is 2.00 bits per heavy atom. The fraction of sp³-hybridized carbons (Fsp3) is 0.375. The molecule has 1 aliphatic heterocycles. The summed E-state index contributed by atoms with van der Waals surface area (Å²) in [6.45, 7) is 6.25. The zero-order valence-electron chi connectivity index (χ0n) is 18.0. The third kappa shape index (κ3) is 4.71. The largest absolute Gasteiger partial charge is 0.472 e. The number of hydrogen-bond donors (Lipinski definition) is 1. The molecule has 31 heavy (non-hydrogen) atoms. The average Bonchev–Trinajstić information content (AvgIpc) is 3.41. The third-order valence-corrected chi connectivity index (χ3v) is 5.99. The van der Waals surface area contributed by atoms with Crippen molar-refractivity contribution < 1.29 is 14.0 Å². The number of piperidine rings is 1. The molecule has 7 heteroatoms. The summed E-state index contributed by atoms with van der Waals surface area (Å²) in [7, 11) is 0. The molecule has 1 atom stereocenters. The van der Waals surface area contributed by atoms with Crippen molar-refractivity contribution in [2.24, 2.45) is 5.92 Å². The van der Waals surface area contributed by atoms with Gasteiger partial charge in [0.25, 0.3) is 5.91 Å². The number of aryl methyl sites for hydroxylation is 1. The van der Waals surface area contributed by atoms with Gasteiger partial charge in [-0.15, -0.1) is 0 Å². The second-order valence-corrected chi connectivity index (χ2v) is 8.11. The first kappa shape index (κ1) is 20.9. The molecule has 1 aliphatic rings. The maximum atomic E-state index is 12.9. The van der Waals surface area contributed by atoms with Crippen LogP contribution in [0.15, 0.2) is 53.3 Å². The number of aromatic nitrogens is 2. The van der Waals surface area contributed by atoms with Crippen LogP contribution in [0.3, 0.4) is 0 Å². The molecular formula is C24H28N4O3. The van der Waals surface area contributed by atoms with Crippen LogP contribution < -0.4 is 5.32 Å². The van der Waals surface area contributed by atoms with Gasteiger partial charge in [-0.3, -0.25) is 14.3 Å². The zero-order valence-corrected chi connectivity index (χ0v) is 18.0. The van der Waals surface area contributed by atoms with Crippen molar-refractivity contribution in [1.82, 2.24) is 20.0 Å². The molecule has 3 heterocycles. The van der Waals surface area contributed by atoms with E-state index in [-0.39, 0.29) is 17.7 Å². The molecule has 162 valence electrons. The maximum absolute atomic E-state index is 12.9. The molecule has 1 aromatic carbocycles. The Kier molecular flexibility index (Phi) is 6.21. The molecule has 0 spiro atoms. The highest BCUT2D eigenvalue weighted by Gasteiger charge is 2.29. The molecule has 0 unspecified atom stereocenters. The number of likely N-dealkylation sites (tertiary alicyclic amines) is 1. The Labute approximate surface area is 182 Å². The lowest BCUT2D eigenvalue weighted by molar-refractivity contribution is -0.126. The van der Waals surface area contributed by atoms with Gasteiger partial charge in [0.1, 0.15) is 6.26 Å². The Bertz CT molecular complexity index is 1040. The van der Waals surface area contributed by atoms with E-state index in [0.717, 1.165) is 29.8 Å². The number of benzene rings is 1. The van der Waals surface area contributed by atoms with Crippen molar-refractivity contribution in [3.05, 3.63) is 77.0 Å². The quantitative estimate of drug-likeness (QED) is 0.663. The molecule has 7 nitrogen and oxygen atoms in total. The molecule has 1 fully saturated rings. The zero-order chi connectivity index (χ0) is 21.8. The standard InChI is InChI=1S/C24H28N4O3/c1-17-22(18(2)28(26-17)14-19-7-4-3-5-8-19)13-25-23(29)20-9-6-11-27(15-20)24(30)21-10-12-31-16-21/h3-5,7-8,10,12,16,20H,6,9,11,13-15H2,1-2H3,(H,25,29)/t20-/m1/s1. The summed E-state index contributed by atoms with van der Waals surface area (Å²) in [6.07, 6.45) is 4.54. The molecule has 1 saturated heterocycles. The highest BCUT2D eigenvalue weighted by Crippen LogP contribution is 2.20. The lowest BCUT2D eigenvalue weighted by Gasteiger charge is -2.31. The first-order valence-electron chi connectivity index (χ1n) is 10.7. The van der Waals surface area contributed by atoms with Crippen molar-refractivity contribution in [3.63, 3.8) is 0 Å². The summed E-state index contributed by atoms with van der Waals surface area (Å²) in [5.74, 6) is -0.302. The highest BCUT2D eigenvalue weighted by atomic mass is 16.3. The number of furan rings is 1. The summed E-state index contributed by atoms with van der Waals surface area (Å²) < 4.78 is 7.00. The van der Waals surface area contributed by atoms with E-state index < -0.39 is 0 Å². The second kappa shape index (κ2) is 9.20. The van der Waals surface area contributed by atoms with Gasteiger partial charge in [-0.25, -0.2) is 0 Å². The van der Waals surface area contributed by atoms with Gasteiger partial charge in [0.15, 0.2) is 0 Å². The van der Waals surface area contributed by atoms with Gasteiger partial charge in [0, 0.05) is 30.9 Å². The maximum Gasteiger partial charge on any atom is 0.257 e. The van der Waals surface area contributed by atoms with E-state index in [4.69, 9.17) is 4.42 Å². The van der Waals surface area contributed by atoms with Crippen molar-refractivity contribution in [2.45, 2.75) is 39.8 Å². The Balaban J connectivity index is 1.37. The number of hydrogen-bond acceptors (Lipinski definition) is 4. The fourth-order valence-corrected chi connectivity index (χ4v) is 4.16. The van der Waals surface area contributed by atoms with E-state index in [2.05, 4.69) is 22.5 Å². The molecule has 4 rings (SSSR count). The smallest absolute Gasteiger partial charge is 0.257 e. The highest BCUT2D eigenvalue weighted by molar-refractivity contribution is 5.94. The predicted molar refractivity (Wildman–Crippen MR) is 116 cm³/mol. The lowest BCUT2D eigenvalue weighted by atomic mass is 9.96. The summed E-state index contributed by atoms with van der Waals surface area (Å²) in [4.78, 5) is 27.2. The van der Waals surface area contributed by atoms with E-state index in [0.29, 0.717) is 31.7 Å². The molecule has 0 aliphatic carbocycles. The minimum Gasteiger partial charge on any atom is -0.472 e. The monoisotopic (exact) mass is 420 g/mol. The van der Waals surface area contributed by atoms with Crippen LogP contribution in [0.25, 0.3) is 0 Å². The van der Waals surface area contributed by atoms with E-state index in [1.807, 2.05) is 36.7 Å². The van der Waals surface area contributed by atoms with Crippen molar-refractivity contribution in [2.75, 3.05) is 13.1 Å². The number of nitrogens with zero attached hydrogens (tertiary/aromatic N) is 3. The van der Waals surface area contributed by atoms with Crippen LogP contribution in [0.1, 0.15) is 45.7 Å². The average molecular weight is 421 g/mol. The van der Waals surface area contributed by atoms with E-state index >= 15 is 0 Å². The van der Waals surface area contributed by atoms with Crippen LogP contribution in [-0.2, 0) is 17.9 Å². The number of rotatable bonds is 6. The minimum atomic E-state index is -0.204. The second-order valence-electron chi connectivity index (χ2n) is 8.11. The summed E-state index contributed by atoms with van der Waals surface area (Å²) >= 11 is 0. The number of carbonyl (C=O) groups excluding carboxylic acids is 2. The van der Waals surface area contributed by atoms with Crippen molar-refractivity contribution in [3.8, 4) is 0 Å². The molecule has 0 saturated carbocycles. The number of carbonyl (C=O) groups is 2. The summed E-state index contributed by atoms with van der Waals surface area (Å²) in [6, 6.07) is 11.9. The molecular weight excluding hydrogens is 392 g/mol. The van der Waals surface area contributed by atoms with Crippen LogP contribution in [0.5, 0.6) is 0 Å². The van der Waals surface area contributed by atoms with Gasteiger partial charge < -0.3 is 14.6 Å². The molecule has 3 aromatic rings. The molecule has 0 bridgehead atoms. The number of amides is 2. The molecule has 2 amide bonds. The predicted octanol–water partition coefficient (Wildman–Crippen LogP) is 3.31. The van der Waals surface area contributed by atoms with Gasteiger partial charge in [0.05, 0.1) is 30.0 Å². The van der Waals surface area contributed by atoms with Gasteiger partial charge in [-0.05, 0) is 38.3 Å². The van der Waals surface area contributed by atoms with E-state index in [1.165, 1.54) is 18.1 Å². The van der Waals surface area contributed by atoms with Gasteiger partial charge in [0.2, 0.25) is 5.91 Å². The number of nitrogens with one attached hydrogen (secondary N) is 1. The van der Waals surface area contributed by atoms with Crippen LogP contribution in [0.4, 0.5) is 0 Å². The summed E-state index contributed by atoms with van der Waals surface area (Å²) in [5.41, 5.74) is 4.74. The van der Waals surface area contributed by atoms with Crippen molar-refractivity contribution >= 4 is 11.8 Å². The Morgan fingerprint density at radius 3 is 2.74 bits per heavy atom. The SMILES string of the molecule is Cc1nn(Cc2ccccc2)c(C)c1CNC(=O)[C@@H]1CCCN(C(=O)c2ccoc2)C1. The molecule has 1 N–H and O–H groups in total. The van der Waals surface area contributed by atoms with Crippen LogP contribution in [0, 0.1) is 19.8 Å². The first-order valence-corrected chi connectivity index (χ1v) is 10.7. The van der Waals surface area contributed by atoms with Gasteiger partial charge in [-0.1, -0.05) is 30.3 Å². The Hall–Kier alpha value is -3.35. The van der Waals surface area contributed by atoms with Crippen LogP contribution in [-0.4, -0.2) is 39.6 Å². The lowest BCUT2D eigenvalue weighted by Crippen LogP contribution is -2.45. The van der Waals surface area contributed by atoms with Gasteiger partial charge >= 0.3 is 0 Å². The van der Waals surface area contributed by atoms with Gasteiger partial charge in [-0.2, -0.15) is 5.10 Å². The third-order valence-electron chi connectivity index (χ3n) is 5.99. The van der Waals surface area contributed by atoms with Crippen molar-refractivity contribution in [1.29, 1.82) is 0 Å². The Morgan fingerprint density at radius 1 is 1.19 bits per heavy atom. The van der Waals surface area contributed by atoms with E-state index in [1.54, 1.807) is 11.0 Å². The topological polar surface area (TPSA) is 80.4 Å². The molecule has 2 aromatic heterocycles. The normalized spacial score (nSPS) is 16.3. The van der Waals surface area contributed by atoms with Crippen LogP contribution >= 0.6 is 0 Å². The first-order chi connectivity index (χ1) is 15.0. The van der Waals surface area contributed by atoms with Crippen LogP contribution in [0.2, 0.25) is 0 Å². The van der Waals surface area contributed by atoms with E-state index in [9.17, 15) is 9.59 Å². The fourth-order valence-electron chi connectivity index (χ4n) is 4.16. The minimum absolute atomic E-state index is 0.0145.